The molecule has 228 valence electrons. The summed E-state index contributed by atoms with van der Waals surface area (Å²) in [5.74, 6) is -2.11. The average Bonchev–Trinajstić information content (AvgIpc) is 3.38. The van der Waals surface area contributed by atoms with Crippen molar-refractivity contribution in [2.24, 2.45) is 0 Å². The van der Waals surface area contributed by atoms with E-state index >= 15 is 0 Å². The molecule has 1 saturated heterocycles. The number of carbonyl (C=O) groups excluding carboxylic acids is 4. The number of methoxy groups -OCH3 is 1. The van der Waals surface area contributed by atoms with Crippen LogP contribution >= 0.6 is 0 Å². The van der Waals surface area contributed by atoms with Gasteiger partial charge in [0.2, 0.25) is 18.3 Å². The van der Waals surface area contributed by atoms with Crippen molar-refractivity contribution in [2.75, 3.05) is 13.7 Å². The molecule has 0 saturated carbocycles. The third kappa shape index (κ3) is 7.89. The van der Waals surface area contributed by atoms with E-state index in [1.807, 2.05) is 42.5 Å². The molecule has 1 aromatic heterocycles. The number of aromatic nitrogens is 2. The van der Waals surface area contributed by atoms with Gasteiger partial charge in [-0.2, -0.15) is 0 Å². The van der Waals surface area contributed by atoms with Crippen molar-refractivity contribution >= 4 is 23.9 Å². The molecular weight excluding hydrogens is 564 g/mol. The lowest BCUT2D eigenvalue weighted by molar-refractivity contribution is -0.289. The van der Waals surface area contributed by atoms with Gasteiger partial charge in [-0.15, -0.1) is 5.10 Å². The molecule has 0 unspecified atom stereocenters. The number of para-hydroxylation sites is 1. The van der Waals surface area contributed by atoms with Crippen molar-refractivity contribution in [3.63, 3.8) is 0 Å². The molecule has 1 aliphatic heterocycles. The average molecular weight is 597 g/mol. The van der Waals surface area contributed by atoms with Gasteiger partial charge >= 0.3 is 23.9 Å². The normalized spacial score (nSPS) is 21.3. The largest absolute Gasteiger partial charge is 0.497 e. The number of nitrogens with zero attached hydrogens (tertiary/aromatic N) is 2. The summed E-state index contributed by atoms with van der Waals surface area (Å²) in [6, 6.07) is 18.3. The van der Waals surface area contributed by atoms with E-state index in [0.717, 1.165) is 32.0 Å². The van der Waals surface area contributed by atoms with E-state index < -0.39 is 54.6 Å². The summed E-state index contributed by atoms with van der Waals surface area (Å²) in [5, 5.41) is 4.62. The maximum atomic E-state index is 12.2. The molecule has 1 aliphatic rings. The highest BCUT2D eigenvalue weighted by Gasteiger charge is 2.53. The third-order valence-corrected chi connectivity index (χ3v) is 6.26. The van der Waals surface area contributed by atoms with E-state index in [0.29, 0.717) is 11.4 Å². The Hall–Kier alpha value is -4.91. The first kappa shape index (κ1) is 31.0. The summed E-state index contributed by atoms with van der Waals surface area (Å²) in [4.78, 5) is 47.9. The van der Waals surface area contributed by atoms with Gasteiger partial charge in [0, 0.05) is 39.3 Å². The molecule has 0 bridgehead atoms. The molecule has 4 rings (SSSR count). The molecule has 0 radical (unpaired) electrons. The smallest absolute Gasteiger partial charge is 0.303 e. The van der Waals surface area contributed by atoms with Gasteiger partial charge in [0.15, 0.2) is 12.2 Å². The van der Waals surface area contributed by atoms with Crippen LogP contribution in [-0.4, -0.2) is 78.1 Å². The summed E-state index contributed by atoms with van der Waals surface area (Å²) in [5.41, 5.74) is 2.16. The Bertz CT molecular complexity index is 1440. The molecule has 3 aromatic rings. The highest BCUT2D eigenvalue weighted by molar-refractivity contribution is 5.69. The van der Waals surface area contributed by atoms with Gasteiger partial charge in [0.1, 0.15) is 18.5 Å². The highest BCUT2D eigenvalue weighted by atomic mass is 16.7. The van der Waals surface area contributed by atoms with E-state index in [-0.39, 0.29) is 12.5 Å². The Labute approximate surface area is 247 Å². The Balaban J connectivity index is 1.76. The fraction of sp³-hybridized carbons (Fsp3) is 0.367. The zero-order valence-electron chi connectivity index (χ0n) is 24.3. The third-order valence-electron chi connectivity index (χ3n) is 6.26. The van der Waals surface area contributed by atoms with E-state index in [1.165, 1.54) is 6.92 Å². The van der Waals surface area contributed by atoms with Gasteiger partial charge in [0.25, 0.3) is 0 Å². The fourth-order valence-corrected chi connectivity index (χ4v) is 4.55. The van der Waals surface area contributed by atoms with E-state index in [2.05, 4.69) is 5.10 Å². The number of carbonyl (C=O) groups is 4. The summed E-state index contributed by atoms with van der Waals surface area (Å²) >= 11 is 0. The Kier molecular flexibility index (Phi) is 9.99. The zero-order chi connectivity index (χ0) is 31.1. The monoisotopic (exact) mass is 596 g/mol. The van der Waals surface area contributed by atoms with Crippen LogP contribution in [0.4, 0.5) is 0 Å². The number of hydrogen-bond acceptors (Lipinski definition) is 12. The second-order valence-corrected chi connectivity index (χ2v) is 9.53. The maximum Gasteiger partial charge on any atom is 0.303 e. The number of benzene rings is 2. The number of hydrogen-bond donors (Lipinski definition) is 0. The molecule has 0 amide bonds. The van der Waals surface area contributed by atoms with E-state index in [9.17, 15) is 19.2 Å². The Morgan fingerprint density at radius 2 is 1.40 bits per heavy atom. The zero-order valence-corrected chi connectivity index (χ0v) is 24.3. The van der Waals surface area contributed by atoms with Crippen molar-refractivity contribution in [1.29, 1.82) is 0 Å². The van der Waals surface area contributed by atoms with Gasteiger partial charge in [0.05, 0.1) is 18.5 Å². The van der Waals surface area contributed by atoms with Crippen LogP contribution in [0.1, 0.15) is 27.7 Å². The van der Waals surface area contributed by atoms with Gasteiger partial charge in [-0.1, -0.05) is 18.2 Å². The predicted molar refractivity (Wildman–Crippen MR) is 148 cm³/mol. The molecular formula is C30H32N2O11. The van der Waals surface area contributed by atoms with Crippen LogP contribution in [0.15, 0.2) is 60.7 Å². The minimum atomic E-state index is -1.43. The second kappa shape index (κ2) is 13.8. The minimum absolute atomic E-state index is 0.0653. The first-order chi connectivity index (χ1) is 20.5. The van der Waals surface area contributed by atoms with Crippen LogP contribution in [0.3, 0.4) is 0 Å². The van der Waals surface area contributed by atoms with E-state index in [1.54, 1.807) is 30.0 Å². The Morgan fingerprint density at radius 3 is 1.98 bits per heavy atom. The molecule has 0 spiro atoms. The number of rotatable bonds is 10. The van der Waals surface area contributed by atoms with Crippen molar-refractivity contribution < 1.29 is 52.3 Å². The summed E-state index contributed by atoms with van der Waals surface area (Å²) in [7, 11) is 1.57. The quantitative estimate of drug-likeness (QED) is 0.250. The maximum absolute atomic E-state index is 12.2. The second-order valence-electron chi connectivity index (χ2n) is 9.53. The van der Waals surface area contributed by atoms with Crippen molar-refractivity contribution in [2.45, 2.75) is 58.4 Å². The molecule has 43 heavy (non-hydrogen) atoms. The summed E-state index contributed by atoms with van der Waals surface area (Å²) < 4.78 is 40.7. The highest BCUT2D eigenvalue weighted by Crippen LogP contribution is 2.33. The fourth-order valence-electron chi connectivity index (χ4n) is 4.55. The predicted octanol–water partition coefficient (Wildman–Crippen LogP) is 3.01. The van der Waals surface area contributed by atoms with Gasteiger partial charge in [-0.3, -0.25) is 19.2 Å². The van der Waals surface area contributed by atoms with Gasteiger partial charge in [-0.05, 0) is 36.4 Å². The summed E-state index contributed by atoms with van der Waals surface area (Å²) in [6.07, 6.45) is -6.66. The van der Waals surface area contributed by atoms with Crippen molar-refractivity contribution in [3.8, 4) is 28.6 Å². The number of esters is 4. The molecule has 2 heterocycles. The first-order valence-electron chi connectivity index (χ1n) is 13.3. The van der Waals surface area contributed by atoms with Crippen LogP contribution in [0, 0.1) is 0 Å². The molecule has 2 aromatic carbocycles. The van der Waals surface area contributed by atoms with Crippen LogP contribution in [-0.2, 0) is 42.9 Å². The van der Waals surface area contributed by atoms with Crippen molar-refractivity contribution in [1.82, 2.24) is 9.78 Å². The SMILES string of the molecule is COc1ccc(-c2cc(O[C@@H]3O[C@H](COC(C)=O)[C@@H](OC(C)=O)[C@H](OC(C)=O)[C@H]3OC(C)=O)nn2-c2ccccc2)cc1. The molecule has 1 fully saturated rings. The summed E-state index contributed by atoms with van der Waals surface area (Å²) in [6.45, 7) is 4.26. The number of ether oxygens (including phenoxy) is 7. The Morgan fingerprint density at radius 1 is 0.791 bits per heavy atom. The van der Waals surface area contributed by atoms with Crippen LogP contribution in [0.25, 0.3) is 16.9 Å². The lowest BCUT2D eigenvalue weighted by Gasteiger charge is -2.43. The standard InChI is InChI=1S/C30H32N2O11/c1-17(33)38-16-25-27(39-18(2)34)28(40-19(3)35)29(41-20(4)36)30(42-25)43-26-15-24(21-11-13-23(37-5)14-12-21)32(31-26)22-9-7-6-8-10-22/h6-15,25,27-30H,16H2,1-5H3/t25-,27-,28+,29-,30+/m1/s1. The van der Waals surface area contributed by atoms with Crippen LogP contribution in [0.2, 0.25) is 0 Å². The van der Waals surface area contributed by atoms with Gasteiger partial charge in [-0.25, -0.2) is 4.68 Å². The van der Waals surface area contributed by atoms with Gasteiger partial charge < -0.3 is 33.2 Å². The molecule has 13 nitrogen and oxygen atoms in total. The molecule has 13 heteroatoms. The minimum Gasteiger partial charge on any atom is -0.497 e. The topological polar surface area (TPSA) is 151 Å². The lowest BCUT2D eigenvalue weighted by atomic mass is 9.98. The van der Waals surface area contributed by atoms with Crippen LogP contribution in [0.5, 0.6) is 11.6 Å². The lowest BCUT2D eigenvalue weighted by Crippen LogP contribution is -2.63. The molecule has 0 aliphatic carbocycles. The van der Waals surface area contributed by atoms with Crippen LogP contribution < -0.4 is 9.47 Å². The van der Waals surface area contributed by atoms with E-state index in [4.69, 9.17) is 33.2 Å². The molecule has 0 N–H and O–H groups in total. The first-order valence-corrected chi connectivity index (χ1v) is 13.3. The molecule has 5 atom stereocenters. The van der Waals surface area contributed by atoms with Crippen molar-refractivity contribution in [3.05, 3.63) is 60.7 Å².